The van der Waals surface area contributed by atoms with E-state index in [9.17, 15) is 9.46 Å². The molecular weight excluding hydrogens is 525 g/mol. The predicted octanol–water partition coefficient (Wildman–Crippen LogP) is 7.99. The second kappa shape index (κ2) is 27.3. The van der Waals surface area contributed by atoms with E-state index < -0.39 is 13.9 Å². The largest absolute Gasteiger partial charge is 0.756 e. The minimum Gasteiger partial charge on any atom is -0.756 e. The summed E-state index contributed by atoms with van der Waals surface area (Å²) in [6, 6.07) is 0. The summed E-state index contributed by atoms with van der Waals surface area (Å²) in [7, 11) is 3.09. The van der Waals surface area contributed by atoms with Crippen molar-refractivity contribution in [2.45, 2.75) is 122 Å². The van der Waals surface area contributed by atoms with Gasteiger partial charge in [-0.3, -0.25) is 4.57 Å². The topological polar surface area (TPSA) is 77.1 Å². The van der Waals surface area contributed by atoms with Crippen LogP contribution >= 0.6 is 7.82 Å². The number of ether oxygens (including phenoxy) is 2. The molecule has 238 valence electrons. The molecule has 0 heterocycles. The van der Waals surface area contributed by atoms with Gasteiger partial charge < -0.3 is 27.9 Å². The molecule has 2 atom stereocenters. The highest BCUT2D eigenvalue weighted by molar-refractivity contribution is 7.45. The zero-order valence-corrected chi connectivity index (χ0v) is 27.7. The molecule has 7 nitrogen and oxygen atoms in total. The Kier molecular flexibility index (Phi) is 27.0. The third kappa shape index (κ3) is 30.4. The molecule has 0 aliphatic carbocycles. The summed E-state index contributed by atoms with van der Waals surface area (Å²) < 4.78 is 33.3. The standard InChI is InChI=1S/C32H64NO6P/c1-6-7-8-9-10-11-12-13-14-15-16-17-18-19-20-21-22-23-24-25-26-28-37-30-32(36-5)31-39-40(34,35)38-29-27-33(2,3)4/h9-10,21-22,32H,6-8,11-20,23-31H2,1-5H3/b10-9-,22-21-/t32-/m1/s1. The number of allylic oxidation sites excluding steroid dienone is 4. The Morgan fingerprint density at radius 1 is 0.675 bits per heavy atom. The number of likely N-dealkylation sites (N-methyl/N-ethyl adjacent to an activating group) is 1. The number of unbranched alkanes of at least 4 members (excludes halogenated alkanes) is 14. The number of phosphoric ester groups is 1. The van der Waals surface area contributed by atoms with Crippen LogP contribution < -0.4 is 4.89 Å². The molecule has 0 aliphatic rings. The van der Waals surface area contributed by atoms with Crippen molar-refractivity contribution >= 4 is 7.82 Å². The van der Waals surface area contributed by atoms with E-state index in [1.54, 1.807) is 0 Å². The first kappa shape index (κ1) is 39.5. The molecule has 0 spiro atoms. The fraction of sp³-hybridized carbons (Fsp3) is 0.875. The molecule has 0 aromatic carbocycles. The van der Waals surface area contributed by atoms with Gasteiger partial charge in [0, 0.05) is 13.7 Å². The first-order valence-corrected chi connectivity index (χ1v) is 17.5. The van der Waals surface area contributed by atoms with Crippen LogP contribution in [-0.2, 0) is 23.1 Å². The van der Waals surface area contributed by atoms with E-state index in [0.717, 1.165) is 25.7 Å². The van der Waals surface area contributed by atoms with Crippen LogP contribution in [0.15, 0.2) is 24.3 Å². The van der Waals surface area contributed by atoms with E-state index in [0.29, 0.717) is 24.2 Å². The molecule has 0 amide bonds. The number of hydrogen-bond acceptors (Lipinski definition) is 6. The number of hydrogen-bond donors (Lipinski definition) is 0. The Morgan fingerprint density at radius 2 is 1.15 bits per heavy atom. The van der Waals surface area contributed by atoms with Crippen molar-refractivity contribution in [1.29, 1.82) is 0 Å². The minimum atomic E-state index is -4.33. The van der Waals surface area contributed by atoms with Gasteiger partial charge in [0.1, 0.15) is 19.3 Å². The number of rotatable bonds is 30. The second-order valence-corrected chi connectivity index (χ2v) is 13.3. The van der Waals surface area contributed by atoms with Crippen molar-refractivity contribution < 1.29 is 32.5 Å². The third-order valence-electron chi connectivity index (χ3n) is 6.78. The Bertz CT molecular complexity index is 650. The average molecular weight is 590 g/mol. The Hall–Kier alpha value is -0.530. The highest BCUT2D eigenvalue weighted by atomic mass is 31.2. The van der Waals surface area contributed by atoms with Gasteiger partial charge in [0.15, 0.2) is 0 Å². The van der Waals surface area contributed by atoms with Gasteiger partial charge in [-0.05, 0) is 51.4 Å². The molecule has 0 rings (SSSR count). The van der Waals surface area contributed by atoms with Crippen molar-refractivity contribution in [2.24, 2.45) is 0 Å². The van der Waals surface area contributed by atoms with Crippen molar-refractivity contribution in [3.8, 4) is 0 Å². The fourth-order valence-corrected chi connectivity index (χ4v) is 4.79. The van der Waals surface area contributed by atoms with E-state index in [1.807, 2.05) is 21.1 Å². The van der Waals surface area contributed by atoms with E-state index in [4.69, 9.17) is 18.5 Å². The molecule has 0 bridgehead atoms. The number of quaternary nitrogens is 1. The first-order valence-electron chi connectivity index (χ1n) is 16.0. The lowest BCUT2D eigenvalue weighted by molar-refractivity contribution is -0.870. The van der Waals surface area contributed by atoms with Crippen LogP contribution in [-0.4, -0.2) is 71.8 Å². The van der Waals surface area contributed by atoms with Crippen LogP contribution in [0.3, 0.4) is 0 Å². The molecule has 0 N–H and O–H groups in total. The SMILES string of the molecule is CCCC/C=C\CCCCCCCCCC/C=C\CCCCCOC[C@H](COP(=O)([O-])OCC[N+](C)(C)C)OC. The zero-order valence-electron chi connectivity index (χ0n) is 26.8. The molecule has 0 radical (unpaired) electrons. The van der Waals surface area contributed by atoms with Crippen molar-refractivity contribution in [2.75, 3.05) is 61.2 Å². The van der Waals surface area contributed by atoms with Crippen LogP contribution in [0.4, 0.5) is 0 Å². The minimum absolute atomic E-state index is 0.0889. The van der Waals surface area contributed by atoms with Gasteiger partial charge in [0.05, 0.1) is 34.4 Å². The number of phosphoric acid groups is 1. The molecule has 40 heavy (non-hydrogen) atoms. The van der Waals surface area contributed by atoms with E-state index in [-0.39, 0.29) is 13.2 Å². The van der Waals surface area contributed by atoms with Gasteiger partial charge in [-0.15, -0.1) is 0 Å². The molecule has 0 aliphatic heterocycles. The van der Waals surface area contributed by atoms with Gasteiger partial charge in [0.2, 0.25) is 0 Å². The van der Waals surface area contributed by atoms with E-state index in [2.05, 4.69) is 31.2 Å². The van der Waals surface area contributed by atoms with E-state index >= 15 is 0 Å². The Balaban J connectivity index is 3.50. The number of nitrogens with zero attached hydrogens (tertiary/aromatic N) is 1. The van der Waals surface area contributed by atoms with Crippen molar-refractivity contribution in [3.05, 3.63) is 24.3 Å². The van der Waals surface area contributed by atoms with Crippen LogP contribution in [0.25, 0.3) is 0 Å². The molecule has 0 aromatic rings. The first-order chi connectivity index (χ1) is 19.2. The smallest absolute Gasteiger partial charge is 0.268 e. The molecule has 0 fully saturated rings. The van der Waals surface area contributed by atoms with Crippen LogP contribution in [0, 0.1) is 0 Å². The van der Waals surface area contributed by atoms with Gasteiger partial charge in [-0.2, -0.15) is 0 Å². The summed E-state index contributed by atoms with van der Waals surface area (Å²) in [5.41, 5.74) is 0. The maximum Gasteiger partial charge on any atom is 0.268 e. The third-order valence-corrected chi connectivity index (χ3v) is 7.74. The maximum atomic E-state index is 11.9. The Morgan fingerprint density at radius 3 is 1.62 bits per heavy atom. The van der Waals surface area contributed by atoms with Crippen LogP contribution in [0.2, 0.25) is 0 Å². The normalized spacial score (nSPS) is 14.8. The van der Waals surface area contributed by atoms with Crippen LogP contribution in [0.1, 0.15) is 116 Å². The maximum absolute atomic E-state index is 11.9. The van der Waals surface area contributed by atoms with Gasteiger partial charge in [-0.25, -0.2) is 0 Å². The lowest BCUT2D eigenvalue weighted by atomic mass is 10.1. The fourth-order valence-electron chi connectivity index (χ4n) is 4.06. The summed E-state index contributed by atoms with van der Waals surface area (Å²) in [4.78, 5) is 11.9. The summed E-state index contributed by atoms with van der Waals surface area (Å²) in [6.45, 7) is 3.73. The quantitative estimate of drug-likeness (QED) is 0.0366. The van der Waals surface area contributed by atoms with Gasteiger partial charge >= 0.3 is 0 Å². The predicted molar refractivity (Wildman–Crippen MR) is 166 cm³/mol. The van der Waals surface area contributed by atoms with Gasteiger partial charge in [0.25, 0.3) is 7.82 Å². The summed E-state index contributed by atoms with van der Waals surface area (Å²) in [5, 5.41) is 0. The summed E-state index contributed by atoms with van der Waals surface area (Å²) in [5.74, 6) is 0. The average Bonchev–Trinajstić information content (AvgIpc) is 2.90. The van der Waals surface area contributed by atoms with Crippen molar-refractivity contribution in [3.63, 3.8) is 0 Å². The molecule has 0 saturated carbocycles. The molecular formula is C32H64NO6P. The van der Waals surface area contributed by atoms with Crippen molar-refractivity contribution in [1.82, 2.24) is 0 Å². The van der Waals surface area contributed by atoms with Gasteiger partial charge in [-0.1, -0.05) is 89.0 Å². The highest BCUT2D eigenvalue weighted by Crippen LogP contribution is 2.38. The van der Waals surface area contributed by atoms with E-state index in [1.165, 1.54) is 90.6 Å². The molecule has 0 saturated heterocycles. The molecule has 0 aromatic heterocycles. The second-order valence-electron chi connectivity index (χ2n) is 11.9. The van der Waals surface area contributed by atoms with Crippen LogP contribution in [0.5, 0.6) is 0 Å². The highest BCUT2D eigenvalue weighted by Gasteiger charge is 2.16. The monoisotopic (exact) mass is 589 g/mol. The summed E-state index contributed by atoms with van der Waals surface area (Å²) in [6.07, 6.45) is 30.6. The summed E-state index contributed by atoms with van der Waals surface area (Å²) >= 11 is 0. The molecule has 1 unspecified atom stereocenters. The lowest BCUT2D eigenvalue weighted by Crippen LogP contribution is -2.37. The Labute approximate surface area is 247 Å². The zero-order chi connectivity index (χ0) is 29.8. The lowest BCUT2D eigenvalue weighted by Gasteiger charge is -2.28. The number of methoxy groups -OCH3 is 1. The molecule has 8 heteroatoms.